The summed E-state index contributed by atoms with van der Waals surface area (Å²) in [6.07, 6.45) is 6.35. The maximum Gasteiger partial charge on any atom is 0.306 e. The molecule has 2 amide bonds. The van der Waals surface area contributed by atoms with Crippen molar-refractivity contribution >= 4 is 46.7 Å². The van der Waals surface area contributed by atoms with Gasteiger partial charge in [-0.1, -0.05) is 42.5 Å². The van der Waals surface area contributed by atoms with Crippen LogP contribution in [0, 0.1) is 0 Å². The van der Waals surface area contributed by atoms with Gasteiger partial charge in [-0.05, 0) is 37.5 Å². The maximum absolute atomic E-state index is 11.9. The topological polar surface area (TPSA) is 84.5 Å². The standard InChI is InChI=1S/C19H24Cl2N2O4/c20-13-9-10-16(15(21)11-13)23-18(25)12-27-19(26)8-4-7-17(24)22-14-5-2-1-3-6-14/h9-11,14H,1-8,12H2,(H,22,24)(H,23,25). The van der Waals surface area contributed by atoms with Crippen LogP contribution in [0.1, 0.15) is 51.4 Å². The number of amides is 2. The van der Waals surface area contributed by atoms with Gasteiger partial charge >= 0.3 is 5.97 Å². The van der Waals surface area contributed by atoms with Crippen LogP contribution in [0.3, 0.4) is 0 Å². The van der Waals surface area contributed by atoms with E-state index >= 15 is 0 Å². The molecule has 0 unspecified atom stereocenters. The summed E-state index contributed by atoms with van der Waals surface area (Å²) >= 11 is 11.7. The highest BCUT2D eigenvalue weighted by atomic mass is 35.5. The zero-order chi connectivity index (χ0) is 19.6. The molecule has 0 saturated heterocycles. The van der Waals surface area contributed by atoms with E-state index in [-0.39, 0.29) is 24.8 Å². The number of carbonyl (C=O) groups is 3. The lowest BCUT2D eigenvalue weighted by Gasteiger charge is -2.22. The number of halogens is 2. The largest absolute Gasteiger partial charge is 0.456 e. The quantitative estimate of drug-likeness (QED) is 0.627. The van der Waals surface area contributed by atoms with Gasteiger partial charge in [-0.15, -0.1) is 0 Å². The minimum atomic E-state index is -0.516. The van der Waals surface area contributed by atoms with Gasteiger partial charge in [0.1, 0.15) is 0 Å². The normalized spacial score (nSPS) is 14.4. The van der Waals surface area contributed by atoms with E-state index < -0.39 is 18.5 Å². The van der Waals surface area contributed by atoms with Gasteiger partial charge in [0.15, 0.2) is 6.61 Å². The predicted octanol–water partition coefficient (Wildman–Crippen LogP) is 4.09. The maximum atomic E-state index is 11.9. The molecule has 0 aromatic heterocycles. The second kappa shape index (κ2) is 11.1. The number of benzene rings is 1. The Kier molecular flexibility index (Phi) is 8.88. The van der Waals surface area contributed by atoms with E-state index in [1.807, 2.05) is 0 Å². The third-order valence-corrected chi connectivity index (χ3v) is 4.87. The Morgan fingerprint density at radius 2 is 1.78 bits per heavy atom. The molecule has 0 radical (unpaired) electrons. The van der Waals surface area contributed by atoms with Gasteiger partial charge in [0.25, 0.3) is 5.91 Å². The molecule has 0 aliphatic heterocycles. The molecule has 148 valence electrons. The van der Waals surface area contributed by atoms with E-state index in [0.717, 1.165) is 25.7 Å². The lowest BCUT2D eigenvalue weighted by atomic mass is 9.95. The van der Waals surface area contributed by atoms with Crippen LogP contribution >= 0.6 is 23.2 Å². The second-order valence-corrected chi connectivity index (χ2v) is 7.43. The first-order chi connectivity index (χ1) is 12.9. The number of anilines is 1. The van der Waals surface area contributed by atoms with E-state index in [4.69, 9.17) is 27.9 Å². The molecule has 6 nitrogen and oxygen atoms in total. The molecule has 2 N–H and O–H groups in total. The molecule has 0 heterocycles. The van der Waals surface area contributed by atoms with Crippen LogP contribution in [-0.4, -0.2) is 30.4 Å². The number of hydrogen-bond donors (Lipinski definition) is 2. The minimum Gasteiger partial charge on any atom is -0.456 e. The fourth-order valence-electron chi connectivity index (χ4n) is 2.94. The molecule has 1 aliphatic carbocycles. The summed E-state index contributed by atoms with van der Waals surface area (Å²) < 4.78 is 4.92. The van der Waals surface area contributed by atoms with Crippen molar-refractivity contribution in [3.8, 4) is 0 Å². The Balaban J connectivity index is 1.59. The summed E-state index contributed by atoms with van der Waals surface area (Å²) in [5, 5.41) is 6.30. The van der Waals surface area contributed by atoms with E-state index in [0.29, 0.717) is 22.2 Å². The molecule has 1 fully saturated rings. The zero-order valence-electron chi connectivity index (χ0n) is 15.1. The van der Waals surface area contributed by atoms with Gasteiger partial charge < -0.3 is 15.4 Å². The van der Waals surface area contributed by atoms with Crippen molar-refractivity contribution in [2.45, 2.75) is 57.4 Å². The van der Waals surface area contributed by atoms with Crippen molar-refractivity contribution in [3.63, 3.8) is 0 Å². The molecule has 1 saturated carbocycles. The summed E-state index contributed by atoms with van der Waals surface area (Å²) in [4.78, 5) is 35.4. The first kappa shape index (κ1) is 21.5. The highest BCUT2D eigenvalue weighted by Crippen LogP contribution is 2.25. The van der Waals surface area contributed by atoms with Crippen LogP contribution in [0.2, 0.25) is 10.0 Å². The number of ether oxygens (including phenoxy) is 1. The zero-order valence-corrected chi connectivity index (χ0v) is 16.6. The summed E-state index contributed by atoms with van der Waals surface area (Å²) in [6, 6.07) is 4.92. The van der Waals surface area contributed by atoms with Crippen LogP contribution in [-0.2, 0) is 19.1 Å². The molecule has 0 atom stereocenters. The fraction of sp³-hybridized carbons (Fsp3) is 0.526. The van der Waals surface area contributed by atoms with Crippen molar-refractivity contribution in [1.29, 1.82) is 0 Å². The Morgan fingerprint density at radius 3 is 2.48 bits per heavy atom. The first-order valence-electron chi connectivity index (χ1n) is 9.14. The number of hydrogen-bond acceptors (Lipinski definition) is 4. The van der Waals surface area contributed by atoms with Crippen molar-refractivity contribution in [2.75, 3.05) is 11.9 Å². The lowest BCUT2D eigenvalue weighted by Crippen LogP contribution is -2.36. The average Bonchev–Trinajstić information content (AvgIpc) is 2.63. The van der Waals surface area contributed by atoms with Gasteiger partial charge in [-0.2, -0.15) is 0 Å². The van der Waals surface area contributed by atoms with E-state index in [1.54, 1.807) is 12.1 Å². The molecule has 27 heavy (non-hydrogen) atoms. The van der Waals surface area contributed by atoms with Crippen molar-refractivity contribution < 1.29 is 19.1 Å². The van der Waals surface area contributed by atoms with Gasteiger partial charge in [0.2, 0.25) is 5.91 Å². The molecule has 1 aromatic rings. The Labute approximate surface area is 168 Å². The monoisotopic (exact) mass is 414 g/mol. The summed E-state index contributed by atoms with van der Waals surface area (Å²) in [5.74, 6) is -1.05. The molecule has 8 heteroatoms. The third-order valence-electron chi connectivity index (χ3n) is 4.32. The highest BCUT2D eigenvalue weighted by molar-refractivity contribution is 6.36. The second-order valence-electron chi connectivity index (χ2n) is 6.59. The van der Waals surface area contributed by atoms with Crippen molar-refractivity contribution in [1.82, 2.24) is 5.32 Å². The number of rotatable bonds is 8. The molecular weight excluding hydrogens is 391 g/mol. The Hall–Kier alpha value is -1.79. The lowest BCUT2D eigenvalue weighted by molar-refractivity contribution is -0.147. The van der Waals surface area contributed by atoms with E-state index in [9.17, 15) is 14.4 Å². The molecule has 0 spiro atoms. The van der Waals surface area contributed by atoms with Gasteiger partial charge in [-0.3, -0.25) is 14.4 Å². The third kappa shape index (κ3) is 8.18. The van der Waals surface area contributed by atoms with Gasteiger partial charge in [0.05, 0.1) is 10.7 Å². The summed E-state index contributed by atoms with van der Waals surface area (Å²) in [5.41, 5.74) is 0.390. The van der Waals surface area contributed by atoms with Crippen LogP contribution < -0.4 is 10.6 Å². The fourth-order valence-corrected chi connectivity index (χ4v) is 3.39. The van der Waals surface area contributed by atoms with Crippen LogP contribution in [0.15, 0.2) is 18.2 Å². The Morgan fingerprint density at radius 1 is 1.04 bits per heavy atom. The first-order valence-corrected chi connectivity index (χ1v) is 9.89. The van der Waals surface area contributed by atoms with E-state index in [1.165, 1.54) is 12.5 Å². The SMILES string of the molecule is O=C(COC(=O)CCCC(=O)NC1CCCCC1)Nc1ccc(Cl)cc1Cl. The van der Waals surface area contributed by atoms with Crippen LogP contribution in [0.4, 0.5) is 5.69 Å². The molecule has 0 bridgehead atoms. The molecule has 1 aliphatic rings. The summed E-state index contributed by atoms with van der Waals surface area (Å²) in [6.45, 7) is -0.411. The highest BCUT2D eigenvalue weighted by Gasteiger charge is 2.16. The van der Waals surface area contributed by atoms with Crippen molar-refractivity contribution in [2.24, 2.45) is 0 Å². The number of carbonyl (C=O) groups excluding carboxylic acids is 3. The number of esters is 1. The number of nitrogens with one attached hydrogen (secondary N) is 2. The Bertz CT molecular complexity index is 676. The van der Waals surface area contributed by atoms with Crippen LogP contribution in [0.5, 0.6) is 0 Å². The smallest absolute Gasteiger partial charge is 0.306 e. The van der Waals surface area contributed by atoms with Crippen LogP contribution in [0.25, 0.3) is 0 Å². The van der Waals surface area contributed by atoms with E-state index in [2.05, 4.69) is 10.6 Å². The minimum absolute atomic E-state index is 0.0372. The van der Waals surface area contributed by atoms with Gasteiger partial charge in [0, 0.05) is 23.9 Å². The summed E-state index contributed by atoms with van der Waals surface area (Å²) in [7, 11) is 0. The van der Waals surface area contributed by atoms with Crippen molar-refractivity contribution in [3.05, 3.63) is 28.2 Å². The van der Waals surface area contributed by atoms with Gasteiger partial charge in [-0.25, -0.2) is 0 Å². The molecular formula is C19H24Cl2N2O4. The molecule has 2 rings (SSSR count). The molecule has 1 aromatic carbocycles. The average molecular weight is 415 g/mol. The predicted molar refractivity (Wildman–Crippen MR) is 105 cm³/mol.